The molecule has 1 heterocycles. The molecular formula is C13H16N2O3. The lowest BCUT2D eigenvalue weighted by Gasteiger charge is -2.16. The third-order valence-electron chi connectivity index (χ3n) is 2.83. The number of benzene rings is 1. The molecule has 0 aromatic heterocycles. The largest absolute Gasteiger partial charge is 0.491 e. The van der Waals surface area contributed by atoms with Gasteiger partial charge in [-0.2, -0.15) is 0 Å². The van der Waals surface area contributed by atoms with Crippen molar-refractivity contribution in [3.63, 3.8) is 0 Å². The molecule has 0 spiro atoms. The summed E-state index contributed by atoms with van der Waals surface area (Å²) < 4.78 is 5.66. The molecule has 0 radical (unpaired) electrons. The van der Waals surface area contributed by atoms with Crippen molar-refractivity contribution in [2.75, 3.05) is 11.4 Å². The third-order valence-corrected chi connectivity index (χ3v) is 2.83. The Bertz CT molecular complexity index is 457. The van der Waals surface area contributed by atoms with Crippen LogP contribution in [0.4, 0.5) is 10.5 Å². The molecule has 2 rings (SSSR count). The van der Waals surface area contributed by atoms with E-state index in [0.29, 0.717) is 11.4 Å². The van der Waals surface area contributed by atoms with Gasteiger partial charge in [-0.15, -0.1) is 0 Å². The van der Waals surface area contributed by atoms with E-state index in [4.69, 9.17) is 4.74 Å². The van der Waals surface area contributed by atoms with Gasteiger partial charge in [0, 0.05) is 6.07 Å². The zero-order chi connectivity index (χ0) is 13.1. The number of ether oxygens (including phenoxy) is 1. The lowest BCUT2D eigenvalue weighted by molar-refractivity contribution is -0.115. The Balaban J connectivity index is 2.21. The summed E-state index contributed by atoms with van der Waals surface area (Å²) in [5, 5.41) is 2.49. The monoisotopic (exact) mass is 248 g/mol. The van der Waals surface area contributed by atoms with E-state index in [-0.39, 0.29) is 24.6 Å². The van der Waals surface area contributed by atoms with Crippen LogP contribution in [0.5, 0.6) is 5.75 Å². The van der Waals surface area contributed by atoms with Crippen LogP contribution in [0.2, 0.25) is 0 Å². The van der Waals surface area contributed by atoms with Crippen LogP contribution in [0.1, 0.15) is 20.3 Å². The van der Waals surface area contributed by atoms with Gasteiger partial charge in [-0.05, 0) is 25.5 Å². The summed E-state index contributed by atoms with van der Waals surface area (Å²) in [4.78, 5) is 24.2. The Morgan fingerprint density at radius 1 is 1.44 bits per heavy atom. The van der Waals surface area contributed by atoms with Gasteiger partial charge in [-0.1, -0.05) is 13.0 Å². The number of hydrogen-bond acceptors (Lipinski definition) is 3. The lowest BCUT2D eigenvalue weighted by atomic mass is 10.2. The van der Waals surface area contributed by atoms with Crippen molar-refractivity contribution in [1.82, 2.24) is 5.32 Å². The SMILES string of the molecule is CCC(C)Oc1cccc(N2C(=O)CNC2=O)c1. The van der Waals surface area contributed by atoms with Crippen LogP contribution in [0.25, 0.3) is 0 Å². The number of anilines is 1. The van der Waals surface area contributed by atoms with E-state index in [9.17, 15) is 9.59 Å². The predicted octanol–water partition coefficient (Wildman–Crippen LogP) is 1.92. The highest BCUT2D eigenvalue weighted by atomic mass is 16.5. The molecule has 96 valence electrons. The summed E-state index contributed by atoms with van der Waals surface area (Å²) in [5.41, 5.74) is 0.538. The number of nitrogens with zero attached hydrogens (tertiary/aromatic N) is 1. The molecule has 1 aromatic carbocycles. The molecule has 5 heteroatoms. The highest BCUT2D eigenvalue weighted by Gasteiger charge is 2.30. The fourth-order valence-corrected chi connectivity index (χ4v) is 1.70. The fourth-order valence-electron chi connectivity index (χ4n) is 1.70. The fraction of sp³-hybridized carbons (Fsp3) is 0.385. The maximum Gasteiger partial charge on any atom is 0.329 e. The molecule has 1 aliphatic rings. The average Bonchev–Trinajstić information content (AvgIpc) is 2.69. The first-order valence-electron chi connectivity index (χ1n) is 5.99. The zero-order valence-corrected chi connectivity index (χ0v) is 10.5. The molecule has 18 heavy (non-hydrogen) atoms. The number of nitrogens with one attached hydrogen (secondary N) is 1. The number of imide groups is 1. The minimum atomic E-state index is -0.388. The number of carbonyl (C=O) groups is 2. The van der Waals surface area contributed by atoms with E-state index < -0.39 is 0 Å². The first kappa shape index (κ1) is 12.4. The standard InChI is InChI=1S/C13H16N2O3/c1-3-9(2)18-11-6-4-5-10(7-11)15-12(16)8-14-13(15)17/h4-7,9H,3,8H2,1-2H3,(H,14,17). The molecule has 1 aliphatic heterocycles. The van der Waals surface area contributed by atoms with Gasteiger partial charge in [0.2, 0.25) is 0 Å². The van der Waals surface area contributed by atoms with Crippen LogP contribution < -0.4 is 15.0 Å². The van der Waals surface area contributed by atoms with Gasteiger partial charge in [0.1, 0.15) is 5.75 Å². The van der Waals surface area contributed by atoms with Gasteiger partial charge in [0.15, 0.2) is 0 Å². The van der Waals surface area contributed by atoms with Crippen LogP contribution >= 0.6 is 0 Å². The molecular weight excluding hydrogens is 232 g/mol. The Labute approximate surface area is 106 Å². The number of carbonyl (C=O) groups excluding carboxylic acids is 2. The van der Waals surface area contributed by atoms with E-state index >= 15 is 0 Å². The number of amides is 3. The second-order valence-corrected chi connectivity index (χ2v) is 4.22. The van der Waals surface area contributed by atoms with Gasteiger partial charge in [-0.25, -0.2) is 9.69 Å². The summed E-state index contributed by atoms with van der Waals surface area (Å²) in [5.74, 6) is 0.412. The summed E-state index contributed by atoms with van der Waals surface area (Å²) in [6.45, 7) is 4.06. The molecule has 0 saturated carbocycles. The van der Waals surface area contributed by atoms with E-state index in [1.165, 1.54) is 0 Å². The topological polar surface area (TPSA) is 58.6 Å². The minimum Gasteiger partial charge on any atom is -0.491 e. The molecule has 5 nitrogen and oxygen atoms in total. The average molecular weight is 248 g/mol. The molecule has 1 saturated heterocycles. The smallest absolute Gasteiger partial charge is 0.329 e. The van der Waals surface area contributed by atoms with Gasteiger partial charge < -0.3 is 10.1 Å². The van der Waals surface area contributed by atoms with Crippen LogP contribution in [-0.4, -0.2) is 24.6 Å². The van der Waals surface area contributed by atoms with E-state index in [0.717, 1.165) is 11.3 Å². The second kappa shape index (κ2) is 5.08. The van der Waals surface area contributed by atoms with Crippen molar-refractivity contribution in [3.8, 4) is 5.75 Å². The second-order valence-electron chi connectivity index (χ2n) is 4.22. The first-order chi connectivity index (χ1) is 8.61. The number of urea groups is 1. The van der Waals surface area contributed by atoms with Gasteiger partial charge in [0.25, 0.3) is 5.91 Å². The predicted molar refractivity (Wildman–Crippen MR) is 67.7 cm³/mol. The van der Waals surface area contributed by atoms with Crippen molar-refractivity contribution in [1.29, 1.82) is 0 Å². The summed E-state index contributed by atoms with van der Waals surface area (Å²) in [7, 11) is 0. The van der Waals surface area contributed by atoms with Crippen LogP contribution in [0.15, 0.2) is 24.3 Å². The third kappa shape index (κ3) is 2.45. The quantitative estimate of drug-likeness (QED) is 0.828. The number of hydrogen-bond donors (Lipinski definition) is 1. The van der Waals surface area contributed by atoms with Crippen molar-refractivity contribution >= 4 is 17.6 Å². The van der Waals surface area contributed by atoms with E-state index in [1.807, 2.05) is 19.9 Å². The molecule has 1 N–H and O–H groups in total. The lowest BCUT2D eigenvalue weighted by Crippen LogP contribution is -2.30. The van der Waals surface area contributed by atoms with Gasteiger partial charge in [-0.3, -0.25) is 4.79 Å². The normalized spacial score (nSPS) is 16.7. The Kier molecular flexibility index (Phi) is 3.50. The van der Waals surface area contributed by atoms with Crippen molar-refractivity contribution < 1.29 is 14.3 Å². The molecule has 1 aromatic rings. The molecule has 1 atom stereocenters. The summed E-state index contributed by atoms with van der Waals surface area (Å²) in [6.07, 6.45) is 0.997. The molecule has 3 amide bonds. The summed E-state index contributed by atoms with van der Waals surface area (Å²) in [6, 6.07) is 6.61. The Hall–Kier alpha value is -2.04. The molecule has 0 bridgehead atoms. The van der Waals surface area contributed by atoms with Crippen molar-refractivity contribution in [2.45, 2.75) is 26.4 Å². The molecule has 1 fully saturated rings. The van der Waals surface area contributed by atoms with E-state index in [1.54, 1.807) is 18.2 Å². The van der Waals surface area contributed by atoms with E-state index in [2.05, 4.69) is 5.32 Å². The van der Waals surface area contributed by atoms with Crippen LogP contribution in [-0.2, 0) is 4.79 Å². The highest BCUT2D eigenvalue weighted by Crippen LogP contribution is 2.24. The minimum absolute atomic E-state index is 0.0509. The summed E-state index contributed by atoms with van der Waals surface area (Å²) >= 11 is 0. The Morgan fingerprint density at radius 2 is 2.22 bits per heavy atom. The zero-order valence-electron chi connectivity index (χ0n) is 10.5. The number of rotatable bonds is 4. The molecule has 0 aliphatic carbocycles. The van der Waals surface area contributed by atoms with Gasteiger partial charge >= 0.3 is 6.03 Å². The maximum absolute atomic E-state index is 11.6. The maximum atomic E-state index is 11.6. The molecule has 1 unspecified atom stereocenters. The van der Waals surface area contributed by atoms with Crippen molar-refractivity contribution in [2.24, 2.45) is 0 Å². The van der Waals surface area contributed by atoms with Crippen LogP contribution in [0, 0.1) is 0 Å². The first-order valence-corrected chi connectivity index (χ1v) is 5.99. The Morgan fingerprint density at radius 3 is 2.83 bits per heavy atom. The van der Waals surface area contributed by atoms with Crippen LogP contribution in [0.3, 0.4) is 0 Å². The highest BCUT2D eigenvalue weighted by molar-refractivity contribution is 6.19. The van der Waals surface area contributed by atoms with Crippen molar-refractivity contribution in [3.05, 3.63) is 24.3 Å². The van der Waals surface area contributed by atoms with Gasteiger partial charge in [0.05, 0.1) is 18.3 Å².